The summed E-state index contributed by atoms with van der Waals surface area (Å²) in [5.74, 6) is 0.0748. The smallest absolute Gasteiger partial charge is 0.259 e. The Balaban J connectivity index is 1.48. The van der Waals surface area contributed by atoms with Crippen molar-refractivity contribution in [2.75, 3.05) is 51.1 Å². The first-order valence-corrected chi connectivity index (χ1v) is 12.5. The van der Waals surface area contributed by atoms with Gasteiger partial charge in [-0.05, 0) is 36.4 Å². The number of hydrogen-bond donors (Lipinski definition) is 2. The summed E-state index contributed by atoms with van der Waals surface area (Å²) in [7, 11) is 0.612. The highest BCUT2D eigenvalue weighted by Crippen LogP contribution is 2.35. The number of pyridine rings is 1. The first-order valence-electron chi connectivity index (χ1n) is 10.4. The number of benzene rings is 1. The van der Waals surface area contributed by atoms with Crippen LogP contribution in [0.1, 0.15) is 27.0 Å². The summed E-state index contributed by atoms with van der Waals surface area (Å²) in [6, 6.07) is 5.64. The van der Waals surface area contributed by atoms with E-state index >= 15 is 0 Å². The molecule has 2 aliphatic heterocycles. The molecule has 1 amide bonds. The molecule has 0 bridgehead atoms. The van der Waals surface area contributed by atoms with Crippen molar-refractivity contribution in [1.29, 1.82) is 0 Å². The molecule has 170 valence electrons. The van der Waals surface area contributed by atoms with Crippen LogP contribution in [0.2, 0.25) is 0 Å². The van der Waals surface area contributed by atoms with E-state index in [0.717, 1.165) is 22.5 Å². The molecule has 0 aliphatic carbocycles. The molecular formula is C22H27N5O4S. The zero-order valence-corrected chi connectivity index (χ0v) is 19.3. The van der Waals surface area contributed by atoms with Gasteiger partial charge in [-0.15, -0.1) is 0 Å². The topological polar surface area (TPSA) is 115 Å². The van der Waals surface area contributed by atoms with Crippen LogP contribution in [0.15, 0.2) is 34.2 Å². The molecule has 0 fully saturated rings. The zero-order valence-electron chi connectivity index (χ0n) is 18.4. The van der Waals surface area contributed by atoms with Crippen LogP contribution in [0, 0.1) is 0 Å². The Hall–Kier alpha value is -2.98. The van der Waals surface area contributed by atoms with Gasteiger partial charge < -0.3 is 20.1 Å². The molecule has 0 atom stereocenters. The number of aromatic nitrogens is 1. The molecule has 1 aromatic carbocycles. The second-order valence-electron chi connectivity index (χ2n) is 8.38. The van der Waals surface area contributed by atoms with E-state index in [2.05, 4.69) is 10.3 Å². The molecule has 0 radical (unpaired) electrons. The molecule has 9 nitrogen and oxygen atoms in total. The summed E-state index contributed by atoms with van der Waals surface area (Å²) >= 11 is 0. The normalized spacial score (nSPS) is 15.2. The molecule has 32 heavy (non-hydrogen) atoms. The third kappa shape index (κ3) is 4.46. The largest absolute Gasteiger partial charge is 0.387 e. The van der Waals surface area contributed by atoms with E-state index in [9.17, 15) is 18.0 Å². The number of rotatable bonds is 8. The molecule has 0 saturated carbocycles. The van der Waals surface area contributed by atoms with Crippen LogP contribution in [0.4, 0.5) is 11.4 Å². The first kappa shape index (κ1) is 22.2. The number of sulfone groups is 1. The van der Waals surface area contributed by atoms with Gasteiger partial charge in [0.25, 0.3) is 11.5 Å². The van der Waals surface area contributed by atoms with Crippen LogP contribution in [-0.2, 0) is 22.8 Å². The zero-order chi connectivity index (χ0) is 23.0. The number of nitrogens with zero attached hydrogens (tertiary/aromatic N) is 3. The fourth-order valence-electron chi connectivity index (χ4n) is 4.09. The van der Waals surface area contributed by atoms with Crippen molar-refractivity contribution in [3.63, 3.8) is 0 Å². The van der Waals surface area contributed by atoms with Crippen LogP contribution in [0.5, 0.6) is 0 Å². The lowest BCUT2D eigenvalue weighted by atomic mass is 10.0. The van der Waals surface area contributed by atoms with Gasteiger partial charge in [-0.2, -0.15) is 0 Å². The standard InChI is InChI=1S/C22H27N5O4S/c1-23-17-4-5-24-21(28)20(17)19-11-14-10-16-15(12-18(14)25-19)13-27(22(16)29)7-6-26(2)8-9-32(3,30)31/h4-5,10,12H,6-9,11,13H2,1-3H3,(H2,23,24,28). The number of fused-ring (bicyclic) bond motifs is 2. The second kappa shape index (κ2) is 8.51. The lowest BCUT2D eigenvalue weighted by Gasteiger charge is -2.21. The maximum atomic E-state index is 12.9. The number of aliphatic imine (C=N–C) groups is 1. The van der Waals surface area contributed by atoms with Gasteiger partial charge in [-0.3, -0.25) is 14.6 Å². The van der Waals surface area contributed by atoms with Gasteiger partial charge in [0.1, 0.15) is 9.84 Å². The Bertz CT molecular complexity index is 1270. The van der Waals surface area contributed by atoms with E-state index in [1.807, 2.05) is 24.1 Å². The van der Waals surface area contributed by atoms with Crippen molar-refractivity contribution in [2.45, 2.75) is 13.0 Å². The highest BCUT2D eigenvalue weighted by molar-refractivity contribution is 7.90. The summed E-state index contributed by atoms with van der Waals surface area (Å²) in [6.45, 7) is 2.06. The quantitative estimate of drug-likeness (QED) is 0.612. The average Bonchev–Trinajstić information content (AvgIpc) is 3.28. The molecule has 10 heteroatoms. The van der Waals surface area contributed by atoms with Crippen molar-refractivity contribution in [1.82, 2.24) is 14.8 Å². The van der Waals surface area contributed by atoms with Gasteiger partial charge in [0.15, 0.2) is 0 Å². The van der Waals surface area contributed by atoms with Crippen LogP contribution in [-0.4, -0.2) is 80.6 Å². The lowest BCUT2D eigenvalue weighted by Crippen LogP contribution is -2.35. The minimum atomic E-state index is -3.01. The molecular weight excluding hydrogens is 430 g/mol. The Morgan fingerprint density at radius 1 is 1.22 bits per heavy atom. The van der Waals surface area contributed by atoms with Gasteiger partial charge in [0, 0.05) is 57.7 Å². The number of likely N-dealkylation sites (N-methyl/N-ethyl adjacent to an activating group) is 1. The molecule has 0 saturated heterocycles. The number of amides is 1. The second-order valence-corrected chi connectivity index (χ2v) is 10.6. The fraction of sp³-hybridized carbons (Fsp3) is 0.409. The van der Waals surface area contributed by atoms with Crippen LogP contribution in [0.3, 0.4) is 0 Å². The van der Waals surface area contributed by atoms with E-state index in [0.29, 0.717) is 49.4 Å². The average molecular weight is 458 g/mol. The van der Waals surface area contributed by atoms with Gasteiger partial charge >= 0.3 is 0 Å². The molecule has 4 rings (SSSR count). The number of aromatic amines is 1. The van der Waals surface area contributed by atoms with E-state index in [1.54, 1.807) is 24.2 Å². The molecule has 1 aromatic heterocycles. The van der Waals surface area contributed by atoms with Crippen LogP contribution >= 0.6 is 0 Å². The predicted octanol–water partition coefficient (Wildman–Crippen LogP) is 1.03. The van der Waals surface area contributed by atoms with E-state index < -0.39 is 9.84 Å². The summed E-state index contributed by atoms with van der Waals surface area (Å²) in [5.41, 5.74) is 5.06. The molecule has 2 aliphatic rings. The number of nitrogens with one attached hydrogen (secondary N) is 2. The minimum absolute atomic E-state index is 0.0266. The number of H-pyrrole nitrogens is 1. The maximum absolute atomic E-state index is 12.9. The molecule has 3 heterocycles. The predicted molar refractivity (Wildman–Crippen MR) is 125 cm³/mol. The van der Waals surface area contributed by atoms with E-state index in [1.165, 1.54) is 6.26 Å². The van der Waals surface area contributed by atoms with Crippen molar-refractivity contribution in [3.05, 3.63) is 57.0 Å². The summed E-state index contributed by atoms with van der Waals surface area (Å²) in [6.07, 6.45) is 3.31. The Kier molecular flexibility index (Phi) is 5.91. The number of anilines is 1. The summed E-state index contributed by atoms with van der Waals surface area (Å²) in [5, 5.41) is 3.04. The SMILES string of the molecule is CNc1cc[nH]c(=O)c1C1=Nc2cc3c(cc2C1)C(=O)N(CCN(C)CCS(C)(=O)=O)C3. The molecule has 0 spiro atoms. The van der Waals surface area contributed by atoms with Crippen molar-refractivity contribution < 1.29 is 13.2 Å². The Labute approximate surface area is 187 Å². The summed E-state index contributed by atoms with van der Waals surface area (Å²) < 4.78 is 22.7. The Morgan fingerprint density at radius 3 is 2.72 bits per heavy atom. The van der Waals surface area contributed by atoms with Crippen LogP contribution < -0.4 is 10.9 Å². The highest BCUT2D eigenvalue weighted by atomic mass is 32.2. The van der Waals surface area contributed by atoms with Gasteiger partial charge in [0.2, 0.25) is 0 Å². The van der Waals surface area contributed by atoms with Gasteiger partial charge in [-0.25, -0.2) is 8.42 Å². The maximum Gasteiger partial charge on any atom is 0.259 e. The minimum Gasteiger partial charge on any atom is -0.387 e. The monoisotopic (exact) mass is 457 g/mol. The van der Waals surface area contributed by atoms with Crippen LogP contribution in [0.25, 0.3) is 0 Å². The Morgan fingerprint density at radius 2 is 2.00 bits per heavy atom. The van der Waals surface area contributed by atoms with Crippen molar-refractivity contribution >= 4 is 32.8 Å². The van der Waals surface area contributed by atoms with Crippen molar-refractivity contribution in [2.24, 2.45) is 4.99 Å². The van der Waals surface area contributed by atoms with Gasteiger partial charge in [0.05, 0.1) is 28.4 Å². The fourth-order valence-corrected chi connectivity index (χ4v) is 4.73. The van der Waals surface area contributed by atoms with Crippen molar-refractivity contribution in [3.8, 4) is 0 Å². The third-order valence-corrected chi connectivity index (χ3v) is 6.83. The number of carbonyl (C=O) groups excluding carboxylic acids is 1. The highest BCUT2D eigenvalue weighted by Gasteiger charge is 2.31. The van der Waals surface area contributed by atoms with E-state index in [4.69, 9.17) is 4.99 Å². The molecule has 0 unspecified atom stereocenters. The van der Waals surface area contributed by atoms with E-state index in [-0.39, 0.29) is 17.2 Å². The number of hydrogen-bond acceptors (Lipinski definition) is 7. The summed E-state index contributed by atoms with van der Waals surface area (Å²) in [4.78, 5) is 36.4. The van der Waals surface area contributed by atoms with Gasteiger partial charge in [-0.1, -0.05) is 0 Å². The number of carbonyl (C=O) groups is 1. The first-order chi connectivity index (χ1) is 15.2. The lowest BCUT2D eigenvalue weighted by molar-refractivity contribution is 0.0765. The third-order valence-electron chi connectivity index (χ3n) is 5.91. The molecule has 2 N–H and O–H groups in total. The molecule has 2 aromatic rings.